The lowest BCUT2D eigenvalue weighted by Crippen LogP contribution is -2.30. The third kappa shape index (κ3) is 2.74. The van der Waals surface area contributed by atoms with Crippen molar-refractivity contribution in [1.82, 2.24) is 15.5 Å². The number of hydrogen-bond donors (Lipinski definition) is 1. The molecule has 5 heteroatoms. The Bertz CT molecular complexity index is 362. The summed E-state index contributed by atoms with van der Waals surface area (Å²) in [6, 6.07) is 0. The Morgan fingerprint density at radius 1 is 1.38 bits per heavy atom. The molecule has 0 aliphatic carbocycles. The average molecular weight is 220 g/mol. The Hall–Kier alpha value is -1.54. The summed E-state index contributed by atoms with van der Waals surface area (Å²) in [5.74, 6) is 3.80. The summed E-state index contributed by atoms with van der Waals surface area (Å²) >= 11 is 0. The maximum Gasteiger partial charge on any atom is 0.266 e. The first-order valence-corrected chi connectivity index (χ1v) is 5.62. The van der Waals surface area contributed by atoms with Crippen LogP contribution in [0, 0.1) is 12.3 Å². The molecule has 1 aromatic rings. The number of piperidine rings is 1. The molecule has 0 bridgehead atoms. The Balaban J connectivity index is 1.88. The van der Waals surface area contributed by atoms with Gasteiger partial charge in [0.05, 0.1) is 13.1 Å². The van der Waals surface area contributed by atoms with E-state index in [1.165, 1.54) is 19.3 Å². The van der Waals surface area contributed by atoms with Crippen molar-refractivity contribution in [2.75, 3.05) is 24.5 Å². The van der Waals surface area contributed by atoms with Gasteiger partial charge in [-0.3, -0.25) is 5.32 Å². The molecule has 0 spiro atoms. The Labute approximate surface area is 95.2 Å². The summed E-state index contributed by atoms with van der Waals surface area (Å²) in [7, 11) is 0. The minimum atomic E-state index is 0.515. The quantitative estimate of drug-likeness (QED) is 0.600. The number of nitrogens with zero attached hydrogens (tertiary/aromatic N) is 3. The molecule has 2 heterocycles. The summed E-state index contributed by atoms with van der Waals surface area (Å²) in [6.45, 7) is 3.10. The Morgan fingerprint density at radius 3 is 2.94 bits per heavy atom. The van der Waals surface area contributed by atoms with E-state index in [4.69, 9.17) is 10.9 Å². The highest BCUT2D eigenvalue weighted by Crippen LogP contribution is 2.15. The van der Waals surface area contributed by atoms with Crippen LogP contribution in [0.1, 0.15) is 25.2 Å². The molecular weight excluding hydrogens is 204 g/mol. The van der Waals surface area contributed by atoms with E-state index < -0.39 is 0 Å². The van der Waals surface area contributed by atoms with E-state index in [0.29, 0.717) is 24.9 Å². The lowest BCUT2D eigenvalue weighted by atomic mass is 10.1. The molecule has 1 N–H and O–H groups in total. The lowest BCUT2D eigenvalue weighted by Gasteiger charge is -2.24. The molecule has 1 saturated heterocycles. The number of anilines is 1. The maximum absolute atomic E-state index is 5.13. The van der Waals surface area contributed by atoms with E-state index in [-0.39, 0.29) is 0 Å². The fraction of sp³-hybridized carbons (Fsp3) is 0.636. The fourth-order valence-corrected chi connectivity index (χ4v) is 1.78. The minimum absolute atomic E-state index is 0.515. The molecule has 0 atom stereocenters. The van der Waals surface area contributed by atoms with E-state index in [0.717, 1.165) is 13.1 Å². The zero-order chi connectivity index (χ0) is 11.2. The van der Waals surface area contributed by atoms with Crippen LogP contribution < -0.4 is 10.2 Å². The van der Waals surface area contributed by atoms with Crippen LogP contribution in [-0.4, -0.2) is 29.8 Å². The van der Waals surface area contributed by atoms with E-state index in [1.807, 2.05) is 0 Å². The van der Waals surface area contributed by atoms with Crippen LogP contribution in [0.3, 0.4) is 0 Å². The van der Waals surface area contributed by atoms with Gasteiger partial charge in [0.25, 0.3) is 5.95 Å². The van der Waals surface area contributed by atoms with Crippen LogP contribution in [0.4, 0.5) is 5.95 Å². The summed E-state index contributed by atoms with van der Waals surface area (Å²) < 4.78 is 5.13. The highest BCUT2D eigenvalue weighted by atomic mass is 16.5. The van der Waals surface area contributed by atoms with Gasteiger partial charge in [-0.1, -0.05) is 5.92 Å². The molecule has 1 aliphatic heterocycles. The summed E-state index contributed by atoms with van der Waals surface area (Å²) in [4.78, 5) is 6.49. The highest BCUT2D eigenvalue weighted by molar-refractivity contribution is 5.27. The van der Waals surface area contributed by atoms with Crippen LogP contribution in [-0.2, 0) is 6.54 Å². The highest BCUT2D eigenvalue weighted by Gasteiger charge is 2.16. The van der Waals surface area contributed by atoms with Gasteiger partial charge in [0.15, 0.2) is 0 Å². The molecule has 0 amide bonds. The molecule has 0 aromatic carbocycles. The van der Waals surface area contributed by atoms with E-state index in [1.54, 1.807) is 0 Å². The lowest BCUT2D eigenvalue weighted by molar-refractivity contribution is 0.368. The van der Waals surface area contributed by atoms with Crippen molar-refractivity contribution in [3.63, 3.8) is 0 Å². The number of nitrogens with one attached hydrogen (secondary N) is 1. The van der Waals surface area contributed by atoms with Gasteiger partial charge in [0, 0.05) is 13.1 Å². The minimum Gasteiger partial charge on any atom is -0.338 e. The normalized spacial score (nSPS) is 16.1. The summed E-state index contributed by atoms with van der Waals surface area (Å²) in [5.41, 5.74) is 0. The van der Waals surface area contributed by atoms with Gasteiger partial charge >= 0.3 is 0 Å². The second kappa shape index (κ2) is 5.52. The molecule has 16 heavy (non-hydrogen) atoms. The number of rotatable bonds is 4. The topological polar surface area (TPSA) is 54.2 Å². The molecule has 1 fully saturated rings. The van der Waals surface area contributed by atoms with Gasteiger partial charge < -0.3 is 9.42 Å². The van der Waals surface area contributed by atoms with E-state index in [9.17, 15) is 0 Å². The van der Waals surface area contributed by atoms with Crippen molar-refractivity contribution in [2.45, 2.75) is 25.8 Å². The fourth-order valence-electron chi connectivity index (χ4n) is 1.78. The first-order chi connectivity index (χ1) is 7.90. The zero-order valence-corrected chi connectivity index (χ0v) is 9.28. The van der Waals surface area contributed by atoms with Gasteiger partial charge in [-0.05, 0) is 24.4 Å². The monoisotopic (exact) mass is 220 g/mol. The van der Waals surface area contributed by atoms with Gasteiger partial charge in [0.2, 0.25) is 5.89 Å². The Morgan fingerprint density at radius 2 is 2.19 bits per heavy atom. The number of hydrogen-bond acceptors (Lipinski definition) is 5. The molecule has 2 rings (SSSR count). The molecule has 0 radical (unpaired) electrons. The number of terminal acetylenes is 1. The van der Waals surface area contributed by atoms with Crippen molar-refractivity contribution < 1.29 is 4.52 Å². The second-order valence-electron chi connectivity index (χ2n) is 3.84. The van der Waals surface area contributed by atoms with Crippen LogP contribution >= 0.6 is 0 Å². The van der Waals surface area contributed by atoms with Crippen LogP contribution in [0.5, 0.6) is 0 Å². The van der Waals surface area contributed by atoms with Crippen LogP contribution in [0.2, 0.25) is 0 Å². The summed E-state index contributed by atoms with van der Waals surface area (Å²) in [5, 5.41) is 6.98. The van der Waals surface area contributed by atoms with Crippen molar-refractivity contribution in [3.8, 4) is 12.3 Å². The van der Waals surface area contributed by atoms with E-state index >= 15 is 0 Å². The second-order valence-corrected chi connectivity index (χ2v) is 3.84. The first kappa shape index (κ1) is 11.0. The van der Waals surface area contributed by atoms with Crippen molar-refractivity contribution in [3.05, 3.63) is 5.89 Å². The molecule has 5 nitrogen and oxygen atoms in total. The number of aromatic nitrogens is 2. The SMILES string of the molecule is C#CCNCc1nc(N2CCCCC2)no1. The molecular formula is C11H16N4O. The zero-order valence-electron chi connectivity index (χ0n) is 9.28. The van der Waals surface area contributed by atoms with Gasteiger partial charge in [-0.15, -0.1) is 6.42 Å². The standard InChI is InChI=1S/C11H16N4O/c1-2-6-12-9-10-13-11(14-16-10)15-7-4-3-5-8-15/h1,12H,3-9H2. The smallest absolute Gasteiger partial charge is 0.266 e. The first-order valence-electron chi connectivity index (χ1n) is 5.62. The Kier molecular flexibility index (Phi) is 3.78. The third-order valence-corrected chi connectivity index (χ3v) is 2.60. The van der Waals surface area contributed by atoms with Crippen LogP contribution in [0.15, 0.2) is 4.52 Å². The summed E-state index contributed by atoms with van der Waals surface area (Å²) in [6.07, 6.45) is 8.84. The molecule has 0 unspecified atom stereocenters. The van der Waals surface area contributed by atoms with Gasteiger partial charge in [-0.2, -0.15) is 4.98 Å². The van der Waals surface area contributed by atoms with Crippen molar-refractivity contribution in [2.24, 2.45) is 0 Å². The average Bonchev–Trinajstić information content (AvgIpc) is 2.79. The predicted octanol–water partition coefficient (Wildman–Crippen LogP) is 0.783. The molecule has 1 aromatic heterocycles. The van der Waals surface area contributed by atoms with Crippen LogP contribution in [0.25, 0.3) is 0 Å². The van der Waals surface area contributed by atoms with Crippen molar-refractivity contribution in [1.29, 1.82) is 0 Å². The molecule has 86 valence electrons. The predicted molar refractivity (Wildman–Crippen MR) is 60.9 cm³/mol. The maximum atomic E-state index is 5.13. The molecule has 1 aliphatic rings. The molecule has 0 saturated carbocycles. The van der Waals surface area contributed by atoms with Crippen molar-refractivity contribution >= 4 is 5.95 Å². The van der Waals surface area contributed by atoms with E-state index in [2.05, 4.69) is 26.3 Å². The largest absolute Gasteiger partial charge is 0.338 e. The van der Waals surface area contributed by atoms with Gasteiger partial charge in [-0.25, -0.2) is 0 Å². The third-order valence-electron chi connectivity index (χ3n) is 2.60. The van der Waals surface area contributed by atoms with Gasteiger partial charge in [0.1, 0.15) is 0 Å².